The molecule has 0 radical (unpaired) electrons. The van der Waals surface area contributed by atoms with Crippen molar-refractivity contribution in [3.05, 3.63) is 24.0 Å². The van der Waals surface area contributed by atoms with Crippen LogP contribution in [0.25, 0.3) is 0 Å². The number of anilines is 1. The van der Waals surface area contributed by atoms with Gasteiger partial charge in [-0.05, 0) is 32.4 Å². The summed E-state index contributed by atoms with van der Waals surface area (Å²) in [7, 11) is 0. The molecule has 19 heavy (non-hydrogen) atoms. The summed E-state index contributed by atoms with van der Waals surface area (Å²) in [6.45, 7) is 10.1. The predicted octanol–water partition coefficient (Wildman–Crippen LogP) is 2.51. The smallest absolute Gasteiger partial charge is 0.0674 e. The van der Waals surface area contributed by atoms with Gasteiger partial charge >= 0.3 is 0 Å². The molecule has 0 amide bonds. The van der Waals surface area contributed by atoms with E-state index in [1.165, 1.54) is 0 Å². The zero-order valence-electron chi connectivity index (χ0n) is 12.2. The molecule has 1 aromatic heterocycles. The lowest BCUT2D eigenvalue weighted by Gasteiger charge is -2.38. The van der Waals surface area contributed by atoms with Crippen LogP contribution in [0.5, 0.6) is 0 Å². The average Bonchev–Trinajstić information content (AvgIpc) is 2.40. The SMILES string of the molecule is CCNc1ccnc(CN2CC(C)OCC2CC)c1. The first-order valence-electron chi connectivity index (χ1n) is 7.27. The first kappa shape index (κ1) is 14.3. The Balaban J connectivity index is 2.03. The highest BCUT2D eigenvalue weighted by Crippen LogP contribution is 2.18. The third kappa shape index (κ3) is 3.91. The van der Waals surface area contributed by atoms with Crippen LogP contribution in [0.2, 0.25) is 0 Å². The number of morpholine rings is 1. The highest BCUT2D eigenvalue weighted by atomic mass is 16.5. The van der Waals surface area contributed by atoms with Gasteiger partial charge in [0.2, 0.25) is 0 Å². The maximum absolute atomic E-state index is 5.74. The van der Waals surface area contributed by atoms with Gasteiger partial charge in [0.05, 0.1) is 18.4 Å². The lowest BCUT2D eigenvalue weighted by Crippen LogP contribution is -2.48. The summed E-state index contributed by atoms with van der Waals surface area (Å²) in [5.41, 5.74) is 2.29. The van der Waals surface area contributed by atoms with E-state index in [0.29, 0.717) is 12.1 Å². The number of aromatic nitrogens is 1. The van der Waals surface area contributed by atoms with E-state index in [4.69, 9.17) is 4.74 Å². The topological polar surface area (TPSA) is 37.4 Å². The Hall–Kier alpha value is -1.13. The fourth-order valence-corrected chi connectivity index (χ4v) is 2.57. The second-order valence-electron chi connectivity index (χ2n) is 5.20. The molecule has 2 atom stereocenters. The molecule has 106 valence electrons. The minimum Gasteiger partial charge on any atom is -0.385 e. The first-order valence-corrected chi connectivity index (χ1v) is 7.27. The molecule has 1 aromatic rings. The van der Waals surface area contributed by atoms with Crippen molar-refractivity contribution in [3.63, 3.8) is 0 Å². The lowest BCUT2D eigenvalue weighted by atomic mass is 10.1. The van der Waals surface area contributed by atoms with Crippen LogP contribution in [0.1, 0.15) is 32.9 Å². The number of nitrogens with one attached hydrogen (secondary N) is 1. The van der Waals surface area contributed by atoms with Crippen LogP contribution in [0.3, 0.4) is 0 Å². The second-order valence-corrected chi connectivity index (χ2v) is 5.20. The molecule has 2 heterocycles. The zero-order valence-corrected chi connectivity index (χ0v) is 12.2. The summed E-state index contributed by atoms with van der Waals surface area (Å²) < 4.78 is 5.74. The molecule has 0 aromatic carbocycles. The fourth-order valence-electron chi connectivity index (χ4n) is 2.57. The Morgan fingerprint density at radius 3 is 3.05 bits per heavy atom. The van der Waals surface area contributed by atoms with Gasteiger partial charge in [-0.1, -0.05) is 6.92 Å². The Labute approximate surface area is 116 Å². The van der Waals surface area contributed by atoms with E-state index in [0.717, 1.165) is 44.0 Å². The highest BCUT2D eigenvalue weighted by molar-refractivity contribution is 5.42. The predicted molar refractivity (Wildman–Crippen MR) is 78.3 cm³/mol. The Kier molecular flexibility index (Phi) is 5.16. The van der Waals surface area contributed by atoms with Crippen LogP contribution in [-0.2, 0) is 11.3 Å². The number of rotatable bonds is 5. The molecule has 2 rings (SSSR count). The Morgan fingerprint density at radius 1 is 1.47 bits per heavy atom. The maximum atomic E-state index is 5.74. The largest absolute Gasteiger partial charge is 0.385 e. The van der Waals surface area contributed by atoms with Crippen molar-refractivity contribution in [2.45, 2.75) is 45.9 Å². The molecule has 1 N–H and O–H groups in total. The number of nitrogens with zero attached hydrogens (tertiary/aromatic N) is 2. The summed E-state index contributed by atoms with van der Waals surface area (Å²) >= 11 is 0. The van der Waals surface area contributed by atoms with Crippen LogP contribution in [0.15, 0.2) is 18.3 Å². The first-order chi connectivity index (χ1) is 9.22. The fraction of sp³-hybridized carbons (Fsp3) is 0.667. The van der Waals surface area contributed by atoms with Crippen molar-refractivity contribution in [1.29, 1.82) is 0 Å². The Morgan fingerprint density at radius 2 is 2.32 bits per heavy atom. The molecular weight excluding hydrogens is 238 g/mol. The molecule has 1 aliphatic rings. The van der Waals surface area contributed by atoms with Crippen molar-refractivity contribution >= 4 is 5.69 Å². The van der Waals surface area contributed by atoms with E-state index < -0.39 is 0 Å². The van der Waals surface area contributed by atoms with Crippen molar-refractivity contribution in [1.82, 2.24) is 9.88 Å². The summed E-state index contributed by atoms with van der Waals surface area (Å²) in [5.74, 6) is 0. The minimum absolute atomic E-state index is 0.319. The van der Waals surface area contributed by atoms with Crippen LogP contribution in [-0.4, -0.2) is 41.7 Å². The van der Waals surface area contributed by atoms with Gasteiger partial charge in [0.15, 0.2) is 0 Å². The highest BCUT2D eigenvalue weighted by Gasteiger charge is 2.25. The van der Waals surface area contributed by atoms with E-state index in [9.17, 15) is 0 Å². The third-order valence-electron chi connectivity index (χ3n) is 3.61. The molecule has 4 heteroatoms. The van der Waals surface area contributed by atoms with Crippen molar-refractivity contribution in [3.8, 4) is 0 Å². The van der Waals surface area contributed by atoms with Crippen molar-refractivity contribution < 1.29 is 4.74 Å². The third-order valence-corrected chi connectivity index (χ3v) is 3.61. The molecule has 0 saturated carbocycles. The van der Waals surface area contributed by atoms with E-state index in [1.807, 2.05) is 12.3 Å². The zero-order chi connectivity index (χ0) is 13.7. The molecule has 1 saturated heterocycles. The minimum atomic E-state index is 0.319. The molecule has 4 nitrogen and oxygen atoms in total. The van der Waals surface area contributed by atoms with Gasteiger partial charge in [0, 0.05) is 37.6 Å². The van der Waals surface area contributed by atoms with Crippen molar-refractivity contribution in [2.24, 2.45) is 0 Å². The van der Waals surface area contributed by atoms with E-state index in [1.54, 1.807) is 0 Å². The quantitative estimate of drug-likeness (QED) is 0.885. The normalized spacial score (nSPS) is 24.4. The summed E-state index contributed by atoms with van der Waals surface area (Å²) in [4.78, 5) is 6.98. The monoisotopic (exact) mass is 263 g/mol. The standard InChI is InChI=1S/C15H25N3O/c1-4-15-11-19-12(3)9-18(15)10-14-8-13(16-5-2)6-7-17-14/h6-8,12,15H,4-5,9-11H2,1-3H3,(H,16,17). The van der Waals surface area contributed by atoms with Gasteiger partial charge in [0.25, 0.3) is 0 Å². The number of ether oxygens (including phenoxy) is 1. The molecule has 0 aliphatic carbocycles. The van der Waals surface area contributed by atoms with Gasteiger partial charge < -0.3 is 10.1 Å². The number of hydrogen-bond acceptors (Lipinski definition) is 4. The van der Waals surface area contributed by atoms with Crippen molar-refractivity contribution in [2.75, 3.05) is 25.0 Å². The van der Waals surface area contributed by atoms with E-state index in [-0.39, 0.29) is 0 Å². The molecule has 1 aliphatic heterocycles. The Bertz CT molecular complexity index is 397. The van der Waals surface area contributed by atoms with Crippen LogP contribution in [0.4, 0.5) is 5.69 Å². The molecule has 0 spiro atoms. The second kappa shape index (κ2) is 6.87. The molecule has 2 unspecified atom stereocenters. The maximum Gasteiger partial charge on any atom is 0.0674 e. The van der Waals surface area contributed by atoms with Gasteiger partial charge in [-0.2, -0.15) is 0 Å². The van der Waals surface area contributed by atoms with Crippen LogP contribution >= 0.6 is 0 Å². The number of pyridine rings is 1. The van der Waals surface area contributed by atoms with E-state index >= 15 is 0 Å². The molecule has 0 bridgehead atoms. The van der Waals surface area contributed by atoms with Gasteiger partial charge in [-0.15, -0.1) is 0 Å². The van der Waals surface area contributed by atoms with Gasteiger partial charge in [0.1, 0.15) is 0 Å². The average molecular weight is 263 g/mol. The van der Waals surface area contributed by atoms with Crippen LogP contribution < -0.4 is 5.32 Å². The number of hydrogen-bond donors (Lipinski definition) is 1. The molecular formula is C15H25N3O. The lowest BCUT2D eigenvalue weighted by molar-refractivity contribution is -0.0595. The van der Waals surface area contributed by atoms with E-state index in [2.05, 4.69) is 42.0 Å². The van der Waals surface area contributed by atoms with Gasteiger partial charge in [-0.3, -0.25) is 9.88 Å². The summed E-state index contributed by atoms with van der Waals surface area (Å²) in [6, 6.07) is 4.68. The summed E-state index contributed by atoms with van der Waals surface area (Å²) in [5, 5.41) is 3.34. The molecule has 1 fully saturated rings. The summed E-state index contributed by atoms with van der Waals surface area (Å²) in [6.07, 6.45) is 3.33. The van der Waals surface area contributed by atoms with Gasteiger partial charge in [-0.25, -0.2) is 0 Å². The van der Waals surface area contributed by atoms with Crippen LogP contribution in [0, 0.1) is 0 Å².